The molecule has 2 unspecified atom stereocenters. The van der Waals surface area contributed by atoms with E-state index in [0.29, 0.717) is 11.8 Å². The number of phenolic OH excluding ortho intramolecular Hbond substituents is 1. The SMILES string of the molecule is CC(N)C1Cc2cc(O)ccc2N1C. The van der Waals surface area contributed by atoms with E-state index in [2.05, 4.69) is 11.9 Å². The highest BCUT2D eigenvalue weighted by atomic mass is 16.3. The molecule has 2 atom stereocenters. The molecular formula is C11H16N2O. The first-order valence-electron chi connectivity index (χ1n) is 4.90. The molecule has 1 aliphatic heterocycles. The smallest absolute Gasteiger partial charge is 0.116 e. The fourth-order valence-electron chi connectivity index (χ4n) is 2.16. The van der Waals surface area contributed by atoms with Crippen molar-refractivity contribution < 1.29 is 5.11 Å². The van der Waals surface area contributed by atoms with Crippen molar-refractivity contribution in [3.05, 3.63) is 23.8 Å². The van der Waals surface area contributed by atoms with Crippen molar-refractivity contribution >= 4 is 5.69 Å². The van der Waals surface area contributed by atoms with E-state index >= 15 is 0 Å². The van der Waals surface area contributed by atoms with Crippen molar-refractivity contribution in [2.75, 3.05) is 11.9 Å². The number of rotatable bonds is 1. The number of fused-ring (bicyclic) bond motifs is 1. The Labute approximate surface area is 84.1 Å². The Hall–Kier alpha value is -1.22. The van der Waals surface area contributed by atoms with Crippen LogP contribution in [-0.4, -0.2) is 24.2 Å². The van der Waals surface area contributed by atoms with Crippen molar-refractivity contribution in [1.82, 2.24) is 0 Å². The zero-order chi connectivity index (χ0) is 10.3. The second-order valence-electron chi connectivity index (χ2n) is 4.05. The van der Waals surface area contributed by atoms with Gasteiger partial charge in [0.25, 0.3) is 0 Å². The standard InChI is InChI=1S/C11H16N2O/c1-7(12)11-6-8-5-9(14)3-4-10(8)13(11)2/h3-5,7,11,14H,6,12H2,1-2H3. The topological polar surface area (TPSA) is 49.5 Å². The highest BCUT2D eigenvalue weighted by Gasteiger charge is 2.28. The van der Waals surface area contributed by atoms with Gasteiger partial charge in [0.2, 0.25) is 0 Å². The maximum atomic E-state index is 9.36. The van der Waals surface area contributed by atoms with Gasteiger partial charge in [-0.1, -0.05) is 0 Å². The lowest BCUT2D eigenvalue weighted by Gasteiger charge is -2.25. The van der Waals surface area contributed by atoms with Gasteiger partial charge in [0.15, 0.2) is 0 Å². The molecule has 0 fully saturated rings. The molecule has 0 saturated carbocycles. The molecule has 0 spiro atoms. The number of likely N-dealkylation sites (N-methyl/N-ethyl adjacent to an activating group) is 1. The lowest BCUT2D eigenvalue weighted by Crippen LogP contribution is -2.42. The van der Waals surface area contributed by atoms with Crippen LogP contribution in [0.25, 0.3) is 0 Å². The second-order valence-corrected chi connectivity index (χ2v) is 4.05. The molecule has 0 aliphatic carbocycles. The van der Waals surface area contributed by atoms with Gasteiger partial charge in [-0.3, -0.25) is 0 Å². The van der Waals surface area contributed by atoms with Crippen LogP contribution in [0.3, 0.4) is 0 Å². The Morgan fingerprint density at radius 1 is 1.57 bits per heavy atom. The van der Waals surface area contributed by atoms with Crippen LogP contribution in [0.4, 0.5) is 5.69 Å². The van der Waals surface area contributed by atoms with Crippen molar-refractivity contribution in [3.63, 3.8) is 0 Å². The molecule has 0 bridgehead atoms. The highest BCUT2D eigenvalue weighted by molar-refractivity contribution is 5.61. The molecule has 1 aromatic carbocycles. The Balaban J connectivity index is 2.35. The Bertz CT molecular complexity index is 349. The van der Waals surface area contributed by atoms with E-state index in [0.717, 1.165) is 6.42 Å². The van der Waals surface area contributed by atoms with Crippen LogP contribution in [0.2, 0.25) is 0 Å². The quantitative estimate of drug-likeness (QED) is 0.700. The highest BCUT2D eigenvalue weighted by Crippen LogP contribution is 2.33. The molecule has 0 saturated heterocycles. The molecule has 1 aliphatic rings. The number of hydrogen-bond donors (Lipinski definition) is 2. The van der Waals surface area contributed by atoms with Gasteiger partial charge in [-0.2, -0.15) is 0 Å². The number of aromatic hydroxyl groups is 1. The summed E-state index contributed by atoms with van der Waals surface area (Å²) in [6.07, 6.45) is 0.928. The van der Waals surface area contributed by atoms with E-state index in [1.54, 1.807) is 6.07 Å². The first-order chi connectivity index (χ1) is 6.59. The lowest BCUT2D eigenvalue weighted by atomic mass is 10.1. The van der Waals surface area contributed by atoms with Gasteiger partial charge in [0.05, 0.1) is 0 Å². The maximum Gasteiger partial charge on any atom is 0.116 e. The van der Waals surface area contributed by atoms with Gasteiger partial charge in [-0.25, -0.2) is 0 Å². The largest absolute Gasteiger partial charge is 0.508 e. The van der Waals surface area contributed by atoms with Crippen LogP contribution in [0.1, 0.15) is 12.5 Å². The number of anilines is 1. The summed E-state index contributed by atoms with van der Waals surface area (Å²) < 4.78 is 0. The van der Waals surface area contributed by atoms with E-state index < -0.39 is 0 Å². The molecule has 0 aromatic heterocycles. The van der Waals surface area contributed by atoms with Crippen LogP contribution in [0, 0.1) is 0 Å². The molecule has 1 heterocycles. The van der Waals surface area contributed by atoms with Crippen LogP contribution in [0.5, 0.6) is 5.75 Å². The predicted octanol–water partition coefficient (Wildman–Crippen LogP) is 1.10. The van der Waals surface area contributed by atoms with Gasteiger partial charge >= 0.3 is 0 Å². The molecule has 0 radical (unpaired) electrons. The normalized spacial score (nSPS) is 22.2. The monoisotopic (exact) mass is 192 g/mol. The van der Waals surface area contributed by atoms with Gasteiger partial charge in [0.1, 0.15) is 5.75 Å². The third-order valence-corrected chi connectivity index (χ3v) is 2.98. The third-order valence-electron chi connectivity index (χ3n) is 2.98. The minimum absolute atomic E-state index is 0.148. The summed E-state index contributed by atoms with van der Waals surface area (Å²) in [5, 5.41) is 9.36. The van der Waals surface area contributed by atoms with E-state index in [4.69, 9.17) is 5.73 Å². The van der Waals surface area contributed by atoms with E-state index in [1.807, 2.05) is 19.1 Å². The Morgan fingerprint density at radius 2 is 2.29 bits per heavy atom. The maximum absolute atomic E-state index is 9.36. The average molecular weight is 192 g/mol. The van der Waals surface area contributed by atoms with Crippen molar-refractivity contribution in [1.29, 1.82) is 0 Å². The second kappa shape index (κ2) is 3.17. The fraction of sp³-hybridized carbons (Fsp3) is 0.455. The predicted molar refractivity (Wildman–Crippen MR) is 57.7 cm³/mol. The molecule has 76 valence electrons. The number of benzene rings is 1. The van der Waals surface area contributed by atoms with Crippen LogP contribution in [-0.2, 0) is 6.42 Å². The molecule has 3 N–H and O–H groups in total. The van der Waals surface area contributed by atoms with Gasteiger partial charge in [-0.05, 0) is 37.1 Å². The summed E-state index contributed by atoms with van der Waals surface area (Å²) in [4.78, 5) is 2.19. The van der Waals surface area contributed by atoms with Crippen molar-refractivity contribution in [3.8, 4) is 5.75 Å². The fourth-order valence-corrected chi connectivity index (χ4v) is 2.16. The van der Waals surface area contributed by atoms with Crippen LogP contribution < -0.4 is 10.6 Å². The summed E-state index contributed by atoms with van der Waals surface area (Å²) in [6.45, 7) is 2.02. The van der Waals surface area contributed by atoms with Gasteiger partial charge in [0, 0.05) is 24.8 Å². The molecular weight excluding hydrogens is 176 g/mol. The lowest BCUT2D eigenvalue weighted by molar-refractivity contribution is 0.474. The molecule has 2 rings (SSSR count). The molecule has 3 nitrogen and oxygen atoms in total. The molecule has 0 amide bonds. The zero-order valence-corrected chi connectivity index (χ0v) is 8.57. The average Bonchev–Trinajstić information content (AvgIpc) is 2.43. The van der Waals surface area contributed by atoms with E-state index in [9.17, 15) is 5.11 Å². The van der Waals surface area contributed by atoms with Crippen molar-refractivity contribution in [2.45, 2.75) is 25.4 Å². The summed E-state index contributed by atoms with van der Waals surface area (Å²) >= 11 is 0. The molecule has 1 aromatic rings. The Morgan fingerprint density at radius 3 is 2.93 bits per heavy atom. The van der Waals surface area contributed by atoms with Gasteiger partial charge in [-0.15, -0.1) is 0 Å². The first kappa shape index (κ1) is 9.34. The summed E-state index contributed by atoms with van der Waals surface area (Å²) in [5.74, 6) is 0.336. The van der Waals surface area contributed by atoms with Gasteiger partial charge < -0.3 is 15.7 Å². The minimum Gasteiger partial charge on any atom is -0.508 e. The minimum atomic E-state index is 0.148. The van der Waals surface area contributed by atoms with Crippen LogP contribution in [0.15, 0.2) is 18.2 Å². The molecule has 3 heteroatoms. The zero-order valence-electron chi connectivity index (χ0n) is 8.57. The summed E-state index contributed by atoms with van der Waals surface area (Å²) in [6, 6.07) is 6.00. The Kier molecular flexibility index (Phi) is 2.11. The summed E-state index contributed by atoms with van der Waals surface area (Å²) in [7, 11) is 2.05. The van der Waals surface area contributed by atoms with Crippen molar-refractivity contribution in [2.24, 2.45) is 5.73 Å². The number of nitrogens with zero attached hydrogens (tertiary/aromatic N) is 1. The van der Waals surface area contributed by atoms with E-state index in [-0.39, 0.29) is 6.04 Å². The van der Waals surface area contributed by atoms with Crippen LogP contribution >= 0.6 is 0 Å². The molecule has 14 heavy (non-hydrogen) atoms. The summed E-state index contributed by atoms with van der Waals surface area (Å²) in [5.41, 5.74) is 8.28. The number of nitrogens with two attached hydrogens (primary N) is 1. The number of phenols is 1. The first-order valence-corrected chi connectivity index (χ1v) is 4.90. The third kappa shape index (κ3) is 1.34. The number of hydrogen-bond acceptors (Lipinski definition) is 3. The van der Waals surface area contributed by atoms with E-state index in [1.165, 1.54) is 11.3 Å².